The van der Waals surface area contributed by atoms with Crippen LogP contribution in [0.15, 0.2) is 36.4 Å². The number of carbonyl (C=O) groups is 1. The van der Waals surface area contributed by atoms with Gasteiger partial charge in [0.25, 0.3) is 0 Å². The number of carbonyl (C=O) groups excluding carboxylic acids is 1. The summed E-state index contributed by atoms with van der Waals surface area (Å²) in [4.78, 5) is 12.5. The van der Waals surface area contributed by atoms with E-state index in [4.69, 9.17) is 0 Å². The molecule has 2 aromatic rings. The highest BCUT2D eigenvalue weighted by Crippen LogP contribution is 2.24. The molecule has 0 heterocycles. The first-order valence-electron chi connectivity index (χ1n) is 8.50. The third-order valence-corrected chi connectivity index (χ3v) is 5.28. The van der Waals surface area contributed by atoms with Gasteiger partial charge in [0.15, 0.2) is 11.6 Å². The Labute approximate surface area is 158 Å². The Hall–Kier alpha value is -2.48. The van der Waals surface area contributed by atoms with E-state index in [-0.39, 0.29) is 5.69 Å². The van der Waals surface area contributed by atoms with Crippen molar-refractivity contribution in [2.75, 3.05) is 22.4 Å². The van der Waals surface area contributed by atoms with Gasteiger partial charge >= 0.3 is 0 Å². The molecule has 0 spiro atoms. The summed E-state index contributed by atoms with van der Waals surface area (Å²) in [5.74, 6) is -2.85. The molecule has 0 atom stereocenters. The summed E-state index contributed by atoms with van der Waals surface area (Å²) in [6, 6.07) is 8.36. The minimum atomic E-state index is -3.88. The number of anilines is 2. The molecule has 0 bridgehead atoms. The molecular weight excluding hydrogens is 374 g/mol. The fourth-order valence-electron chi connectivity index (χ4n) is 2.75. The molecule has 0 fully saturated rings. The van der Waals surface area contributed by atoms with E-state index in [2.05, 4.69) is 5.32 Å². The van der Waals surface area contributed by atoms with Gasteiger partial charge in [-0.05, 0) is 36.1 Å². The molecule has 0 saturated carbocycles. The number of benzene rings is 2. The maximum Gasteiger partial charge on any atom is 0.245 e. The van der Waals surface area contributed by atoms with Crippen molar-refractivity contribution < 1.29 is 22.0 Å². The lowest BCUT2D eigenvalue weighted by Crippen LogP contribution is -2.37. The zero-order valence-corrected chi connectivity index (χ0v) is 16.2. The van der Waals surface area contributed by atoms with Crippen LogP contribution < -0.4 is 9.62 Å². The van der Waals surface area contributed by atoms with Crippen molar-refractivity contribution in [3.8, 4) is 0 Å². The minimum absolute atomic E-state index is 0.119. The molecule has 0 unspecified atom stereocenters. The number of para-hydroxylation sites is 1. The lowest BCUT2D eigenvalue weighted by Gasteiger charge is -2.23. The summed E-state index contributed by atoms with van der Waals surface area (Å²) < 4.78 is 51.6. The van der Waals surface area contributed by atoms with E-state index in [9.17, 15) is 22.0 Å². The Kier molecular flexibility index (Phi) is 6.54. The van der Waals surface area contributed by atoms with E-state index in [1.807, 2.05) is 32.0 Å². The largest absolute Gasteiger partial charge is 0.324 e. The molecule has 0 aliphatic carbocycles. The second kappa shape index (κ2) is 8.47. The summed E-state index contributed by atoms with van der Waals surface area (Å²) in [5.41, 5.74) is 2.40. The summed E-state index contributed by atoms with van der Waals surface area (Å²) in [6.07, 6.45) is 2.30. The molecule has 2 rings (SSSR count). The van der Waals surface area contributed by atoms with Crippen molar-refractivity contribution in [2.24, 2.45) is 0 Å². The molecule has 146 valence electrons. The van der Waals surface area contributed by atoms with Crippen molar-refractivity contribution in [1.82, 2.24) is 0 Å². The summed E-state index contributed by atoms with van der Waals surface area (Å²) >= 11 is 0. The molecule has 0 saturated heterocycles. The number of hydrogen-bond donors (Lipinski definition) is 1. The first-order valence-corrected chi connectivity index (χ1v) is 10.4. The van der Waals surface area contributed by atoms with Gasteiger partial charge in [0.05, 0.1) is 11.9 Å². The van der Waals surface area contributed by atoms with Gasteiger partial charge < -0.3 is 5.32 Å². The van der Waals surface area contributed by atoms with Crippen molar-refractivity contribution in [1.29, 1.82) is 0 Å². The van der Waals surface area contributed by atoms with Crippen LogP contribution in [-0.2, 0) is 27.7 Å². The Bertz CT molecular complexity index is 924. The lowest BCUT2D eigenvalue weighted by atomic mass is 10.0. The summed E-state index contributed by atoms with van der Waals surface area (Å²) in [5, 5.41) is 2.77. The minimum Gasteiger partial charge on any atom is -0.324 e. The number of rotatable bonds is 7. The molecule has 0 radical (unpaired) electrons. The monoisotopic (exact) mass is 396 g/mol. The number of aryl methyl sites for hydroxylation is 2. The van der Waals surface area contributed by atoms with E-state index < -0.39 is 34.1 Å². The predicted molar refractivity (Wildman–Crippen MR) is 102 cm³/mol. The first kappa shape index (κ1) is 20.8. The predicted octanol–water partition coefficient (Wildman–Crippen LogP) is 3.49. The standard InChI is InChI=1S/C19H22F2N2O3S/c1-4-13-7-6-8-14(5-2)19(13)22-18(24)12-23(27(3,25)26)15-9-10-16(20)17(21)11-15/h6-11H,4-5,12H2,1-3H3,(H,22,24). The molecule has 0 aliphatic heterocycles. The molecular formula is C19H22F2N2O3S. The number of sulfonamides is 1. The van der Waals surface area contributed by atoms with Crippen LogP contribution in [0.5, 0.6) is 0 Å². The van der Waals surface area contributed by atoms with Crippen LogP contribution in [0.2, 0.25) is 0 Å². The van der Waals surface area contributed by atoms with Crippen molar-refractivity contribution in [2.45, 2.75) is 26.7 Å². The van der Waals surface area contributed by atoms with Gasteiger partial charge in [-0.25, -0.2) is 17.2 Å². The van der Waals surface area contributed by atoms with Crippen molar-refractivity contribution in [3.05, 3.63) is 59.2 Å². The summed E-state index contributed by atoms with van der Waals surface area (Å²) in [7, 11) is -3.88. The molecule has 8 heteroatoms. The van der Waals surface area contributed by atoms with Crippen LogP contribution in [0.1, 0.15) is 25.0 Å². The highest BCUT2D eigenvalue weighted by molar-refractivity contribution is 7.92. The smallest absolute Gasteiger partial charge is 0.245 e. The fraction of sp³-hybridized carbons (Fsp3) is 0.316. The van der Waals surface area contributed by atoms with Gasteiger partial charge in [-0.2, -0.15) is 0 Å². The normalized spacial score (nSPS) is 11.3. The molecule has 1 N–H and O–H groups in total. The van der Waals surface area contributed by atoms with E-state index in [0.29, 0.717) is 18.5 Å². The number of halogens is 2. The van der Waals surface area contributed by atoms with Gasteiger partial charge in [-0.3, -0.25) is 9.10 Å². The first-order chi connectivity index (χ1) is 12.7. The highest BCUT2D eigenvalue weighted by atomic mass is 32.2. The zero-order chi connectivity index (χ0) is 20.2. The van der Waals surface area contributed by atoms with Gasteiger partial charge in [0.1, 0.15) is 6.54 Å². The van der Waals surface area contributed by atoms with E-state index >= 15 is 0 Å². The van der Waals surface area contributed by atoms with Crippen LogP contribution in [0.25, 0.3) is 0 Å². The Morgan fingerprint density at radius 1 is 1.04 bits per heavy atom. The third kappa shape index (κ3) is 5.03. The second-order valence-corrected chi connectivity index (χ2v) is 7.98. The van der Waals surface area contributed by atoms with E-state index in [1.165, 1.54) is 0 Å². The van der Waals surface area contributed by atoms with Crippen LogP contribution >= 0.6 is 0 Å². The van der Waals surface area contributed by atoms with Crippen molar-refractivity contribution >= 4 is 27.3 Å². The molecule has 0 aliphatic rings. The van der Waals surface area contributed by atoms with Crippen LogP contribution in [0, 0.1) is 11.6 Å². The average molecular weight is 396 g/mol. The number of nitrogens with one attached hydrogen (secondary N) is 1. The SMILES string of the molecule is CCc1cccc(CC)c1NC(=O)CN(c1ccc(F)c(F)c1)S(C)(=O)=O. The molecule has 0 aromatic heterocycles. The Balaban J connectivity index is 2.32. The van der Waals surface area contributed by atoms with Crippen molar-refractivity contribution in [3.63, 3.8) is 0 Å². The quantitative estimate of drug-likeness (QED) is 0.779. The lowest BCUT2D eigenvalue weighted by molar-refractivity contribution is -0.114. The molecule has 2 aromatic carbocycles. The number of hydrogen-bond acceptors (Lipinski definition) is 3. The highest BCUT2D eigenvalue weighted by Gasteiger charge is 2.23. The van der Waals surface area contributed by atoms with Crippen LogP contribution in [0.4, 0.5) is 20.2 Å². The molecule has 27 heavy (non-hydrogen) atoms. The Morgan fingerprint density at radius 3 is 2.11 bits per heavy atom. The number of amides is 1. The van der Waals surface area contributed by atoms with Gasteiger partial charge in [0, 0.05) is 11.8 Å². The fourth-order valence-corrected chi connectivity index (χ4v) is 3.60. The maximum absolute atomic E-state index is 13.5. The van der Waals surface area contributed by atoms with Crippen LogP contribution in [-0.4, -0.2) is 27.1 Å². The average Bonchev–Trinajstić information content (AvgIpc) is 2.61. The van der Waals surface area contributed by atoms with E-state index in [0.717, 1.165) is 39.9 Å². The van der Waals surface area contributed by atoms with Gasteiger partial charge in [0.2, 0.25) is 15.9 Å². The third-order valence-electron chi connectivity index (χ3n) is 4.14. The van der Waals surface area contributed by atoms with Gasteiger partial charge in [-0.15, -0.1) is 0 Å². The second-order valence-electron chi connectivity index (χ2n) is 6.07. The summed E-state index contributed by atoms with van der Waals surface area (Å²) in [6.45, 7) is 3.36. The molecule has 5 nitrogen and oxygen atoms in total. The number of nitrogens with zero attached hydrogens (tertiary/aromatic N) is 1. The zero-order valence-electron chi connectivity index (χ0n) is 15.4. The maximum atomic E-state index is 13.5. The van der Waals surface area contributed by atoms with Crippen LogP contribution in [0.3, 0.4) is 0 Å². The Morgan fingerprint density at radius 2 is 1.63 bits per heavy atom. The topological polar surface area (TPSA) is 66.5 Å². The van der Waals surface area contributed by atoms with E-state index in [1.54, 1.807) is 0 Å². The van der Waals surface area contributed by atoms with Gasteiger partial charge in [-0.1, -0.05) is 32.0 Å². The molecule has 1 amide bonds.